The maximum atomic E-state index is 11.5. The van der Waals surface area contributed by atoms with Crippen LogP contribution >= 0.6 is 15.9 Å². The van der Waals surface area contributed by atoms with Gasteiger partial charge in [-0.25, -0.2) is 4.79 Å². The Kier molecular flexibility index (Phi) is 4.10. The van der Waals surface area contributed by atoms with E-state index >= 15 is 0 Å². The van der Waals surface area contributed by atoms with Crippen LogP contribution in [-0.2, 0) is 0 Å². The van der Waals surface area contributed by atoms with Crippen LogP contribution in [0.3, 0.4) is 0 Å². The summed E-state index contributed by atoms with van der Waals surface area (Å²) in [4.78, 5) is 11.5. The van der Waals surface area contributed by atoms with E-state index in [0.717, 1.165) is 22.9 Å². The van der Waals surface area contributed by atoms with Crippen molar-refractivity contribution in [2.45, 2.75) is 38.1 Å². The summed E-state index contributed by atoms with van der Waals surface area (Å²) >= 11 is 3.42. The van der Waals surface area contributed by atoms with Crippen LogP contribution in [0.25, 0.3) is 11.3 Å². The van der Waals surface area contributed by atoms with Gasteiger partial charge in [-0.05, 0) is 25.0 Å². The second-order valence-electron chi connectivity index (χ2n) is 5.48. The molecule has 110 valence electrons. The molecule has 0 radical (unpaired) electrons. The molecule has 1 aromatic heterocycles. The predicted octanol–water partition coefficient (Wildman–Crippen LogP) is 4.52. The molecule has 21 heavy (non-hydrogen) atoms. The topological polar surface area (TPSA) is 55.1 Å². The van der Waals surface area contributed by atoms with Gasteiger partial charge in [0.1, 0.15) is 11.3 Å². The van der Waals surface area contributed by atoms with Crippen molar-refractivity contribution in [2.75, 3.05) is 0 Å². The summed E-state index contributed by atoms with van der Waals surface area (Å²) in [5.41, 5.74) is 1.66. The minimum absolute atomic E-state index is 0.277. The Morgan fingerprint density at radius 2 is 2.05 bits per heavy atom. The van der Waals surface area contributed by atoms with Gasteiger partial charge in [0.2, 0.25) is 0 Å². The molecule has 0 saturated heterocycles. The van der Waals surface area contributed by atoms with Gasteiger partial charge in [-0.1, -0.05) is 47.3 Å². The highest BCUT2D eigenvalue weighted by Crippen LogP contribution is 2.31. The average Bonchev–Trinajstić information content (AvgIpc) is 2.93. The average molecular weight is 349 g/mol. The molecule has 0 spiro atoms. The monoisotopic (exact) mass is 348 g/mol. The third-order valence-corrected chi connectivity index (χ3v) is 4.50. The van der Waals surface area contributed by atoms with Gasteiger partial charge in [0.05, 0.1) is 6.04 Å². The van der Waals surface area contributed by atoms with Gasteiger partial charge >= 0.3 is 5.97 Å². The summed E-state index contributed by atoms with van der Waals surface area (Å²) in [5, 5.41) is 14.0. The highest BCUT2D eigenvalue weighted by molar-refractivity contribution is 9.10. The first-order valence-electron chi connectivity index (χ1n) is 7.23. The van der Waals surface area contributed by atoms with Gasteiger partial charge in [-0.15, -0.1) is 0 Å². The van der Waals surface area contributed by atoms with Crippen molar-refractivity contribution in [3.05, 3.63) is 40.5 Å². The molecule has 3 rings (SSSR count). The van der Waals surface area contributed by atoms with Crippen LogP contribution in [0.1, 0.15) is 48.5 Å². The van der Waals surface area contributed by atoms with Gasteiger partial charge in [0.15, 0.2) is 0 Å². The van der Waals surface area contributed by atoms with Gasteiger partial charge in [0, 0.05) is 16.2 Å². The number of hydrogen-bond acceptors (Lipinski definition) is 2. The lowest BCUT2D eigenvalue weighted by molar-refractivity contribution is 0.0697. The molecule has 0 unspecified atom stereocenters. The fraction of sp³-hybridized carbons (Fsp3) is 0.375. The number of carbonyl (C=O) groups is 1. The smallest absolute Gasteiger partial charge is 0.339 e. The normalized spacial score (nSPS) is 16.0. The molecule has 1 aliphatic rings. The predicted molar refractivity (Wildman–Crippen MR) is 84.4 cm³/mol. The van der Waals surface area contributed by atoms with E-state index in [9.17, 15) is 9.90 Å². The van der Waals surface area contributed by atoms with E-state index in [0.29, 0.717) is 11.7 Å². The lowest BCUT2D eigenvalue weighted by atomic mass is 9.96. The summed E-state index contributed by atoms with van der Waals surface area (Å²) < 4.78 is 2.78. The van der Waals surface area contributed by atoms with Gasteiger partial charge in [0.25, 0.3) is 0 Å². The molecule has 1 heterocycles. The van der Waals surface area contributed by atoms with E-state index in [1.54, 1.807) is 6.20 Å². The third kappa shape index (κ3) is 3.02. The minimum atomic E-state index is -0.924. The Bertz CT molecular complexity index is 660. The molecule has 5 heteroatoms. The Hall–Kier alpha value is -1.62. The van der Waals surface area contributed by atoms with Crippen molar-refractivity contribution < 1.29 is 9.90 Å². The number of halogens is 1. The molecule has 0 aliphatic heterocycles. The van der Waals surface area contributed by atoms with Crippen LogP contribution in [0.4, 0.5) is 0 Å². The number of aromatic carboxylic acids is 1. The van der Waals surface area contributed by atoms with E-state index in [4.69, 9.17) is 0 Å². The minimum Gasteiger partial charge on any atom is -0.478 e. The molecular formula is C16H17BrN2O2. The Morgan fingerprint density at radius 3 is 2.71 bits per heavy atom. The van der Waals surface area contributed by atoms with Crippen LogP contribution in [0, 0.1) is 0 Å². The molecule has 1 fully saturated rings. The molecule has 0 bridgehead atoms. The van der Waals surface area contributed by atoms with Crippen LogP contribution in [0.2, 0.25) is 0 Å². The van der Waals surface area contributed by atoms with Crippen molar-refractivity contribution >= 4 is 21.9 Å². The Labute approximate surface area is 131 Å². The van der Waals surface area contributed by atoms with Gasteiger partial charge in [-0.3, -0.25) is 4.68 Å². The third-order valence-electron chi connectivity index (χ3n) is 4.01. The molecule has 4 nitrogen and oxygen atoms in total. The van der Waals surface area contributed by atoms with Crippen molar-refractivity contribution in [2.24, 2.45) is 0 Å². The van der Waals surface area contributed by atoms with Crippen molar-refractivity contribution in [3.8, 4) is 11.3 Å². The Morgan fingerprint density at radius 1 is 1.29 bits per heavy atom. The standard InChI is InChI=1S/C16H17BrN2O2/c17-12-6-4-5-11(9-12)15-14(16(20)21)10-19(18-15)13-7-2-1-3-8-13/h4-6,9-10,13H,1-3,7-8H2,(H,20,21). The number of aromatic nitrogens is 2. The summed E-state index contributed by atoms with van der Waals surface area (Å²) in [5.74, 6) is -0.924. The summed E-state index contributed by atoms with van der Waals surface area (Å²) in [7, 11) is 0. The second kappa shape index (κ2) is 6.02. The zero-order chi connectivity index (χ0) is 14.8. The summed E-state index contributed by atoms with van der Waals surface area (Å²) in [6.07, 6.45) is 7.51. The van der Waals surface area contributed by atoms with Crippen molar-refractivity contribution in [1.82, 2.24) is 9.78 Å². The highest BCUT2D eigenvalue weighted by Gasteiger charge is 2.22. The van der Waals surface area contributed by atoms with Gasteiger partial charge in [-0.2, -0.15) is 5.10 Å². The van der Waals surface area contributed by atoms with E-state index in [1.807, 2.05) is 28.9 Å². The van der Waals surface area contributed by atoms with Crippen LogP contribution in [-0.4, -0.2) is 20.9 Å². The maximum Gasteiger partial charge on any atom is 0.339 e. The second-order valence-corrected chi connectivity index (χ2v) is 6.39. The van der Waals surface area contributed by atoms with Crippen LogP contribution in [0.5, 0.6) is 0 Å². The van der Waals surface area contributed by atoms with Crippen LogP contribution in [0.15, 0.2) is 34.9 Å². The maximum absolute atomic E-state index is 11.5. The SMILES string of the molecule is O=C(O)c1cn(C2CCCCC2)nc1-c1cccc(Br)c1. The molecular weight excluding hydrogens is 332 g/mol. The lowest BCUT2D eigenvalue weighted by Gasteiger charge is -2.21. The highest BCUT2D eigenvalue weighted by atomic mass is 79.9. The number of rotatable bonds is 3. The van der Waals surface area contributed by atoms with E-state index in [2.05, 4.69) is 21.0 Å². The van der Waals surface area contributed by atoms with Gasteiger partial charge < -0.3 is 5.11 Å². The lowest BCUT2D eigenvalue weighted by Crippen LogP contribution is -2.13. The zero-order valence-electron chi connectivity index (χ0n) is 11.6. The Balaban J connectivity index is 2.02. The summed E-state index contributed by atoms with van der Waals surface area (Å²) in [6, 6.07) is 7.94. The van der Waals surface area contributed by atoms with Crippen LogP contribution < -0.4 is 0 Å². The number of carboxylic acids is 1. The zero-order valence-corrected chi connectivity index (χ0v) is 13.2. The number of nitrogens with zero attached hydrogens (tertiary/aromatic N) is 2. The van der Waals surface area contributed by atoms with E-state index in [-0.39, 0.29) is 5.56 Å². The van der Waals surface area contributed by atoms with E-state index < -0.39 is 5.97 Å². The van der Waals surface area contributed by atoms with Crippen molar-refractivity contribution in [3.63, 3.8) is 0 Å². The first kappa shape index (κ1) is 14.3. The quantitative estimate of drug-likeness (QED) is 0.887. The molecule has 0 amide bonds. The van der Waals surface area contributed by atoms with E-state index in [1.165, 1.54) is 19.3 Å². The van der Waals surface area contributed by atoms with Crippen molar-refractivity contribution in [1.29, 1.82) is 0 Å². The summed E-state index contributed by atoms with van der Waals surface area (Å²) in [6.45, 7) is 0. The molecule has 1 saturated carbocycles. The first-order valence-corrected chi connectivity index (χ1v) is 8.03. The molecule has 1 aliphatic carbocycles. The number of benzene rings is 1. The fourth-order valence-corrected chi connectivity index (χ4v) is 3.33. The number of hydrogen-bond donors (Lipinski definition) is 1. The number of carboxylic acid groups (broad SMARTS) is 1. The largest absolute Gasteiger partial charge is 0.478 e. The molecule has 2 aromatic rings. The molecule has 1 N–H and O–H groups in total. The fourth-order valence-electron chi connectivity index (χ4n) is 2.93. The molecule has 1 aromatic carbocycles. The molecule has 0 atom stereocenters. The first-order chi connectivity index (χ1) is 10.1.